The number of carboxylic acids is 2. The first kappa shape index (κ1) is 19.5. The molecule has 0 aromatic heterocycles. The molecule has 4 bridgehead atoms. The van der Waals surface area contributed by atoms with Gasteiger partial charge in [-0.25, -0.2) is 0 Å². The van der Waals surface area contributed by atoms with E-state index in [1.54, 1.807) is 0 Å². The smallest absolute Gasteiger partial charge is 0.550 e. The third-order valence-electron chi connectivity index (χ3n) is 6.70. The maximum atomic E-state index is 10.6. The molecule has 0 unspecified atom stereocenters. The molecule has 6 fully saturated rings. The molecular weight excluding hydrogens is 320 g/mol. The van der Waals surface area contributed by atoms with E-state index in [1.165, 1.54) is 25.7 Å². The van der Waals surface area contributed by atoms with Crippen molar-refractivity contribution in [2.75, 3.05) is 0 Å². The molecule has 0 radical (unpaired) electrons. The molecule has 6 aliphatic carbocycles. The molecule has 0 saturated heterocycles. The summed E-state index contributed by atoms with van der Waals surface area (Å²) in [5.74, 6) is 0.463. The SMILES string of the molecule is O=C([O-])[C@H]1CC2CCC1CC2.O=C([O-])[C@H]1CC2CCC1CC2.[Ca+2]. The summed E-state index contributed by atoms with van der Waals surface area (Å²) >= 11 is 0. The van der Waals surface area contributed by atoms with E-state index >= 15 is 0 Å². The van der Waals surface area contributed by atoms with Crippen molar-refractivity contribution in [3.8, 4) is 0 Å². The van der Waals surface area contributed by atoms with Gasteiger partial charge in [0.1, 0.15) is 0 Å². The quantitative estimate of drug-likeness (QED) is 0.691. The van der Waals surface area contributed by atoms with Gasteiger partial charge in [0.2, 0.25) is 0 Å². The van der Waals surface area contributed by atoms with Crippen molar-refractivity contribution in [2.45, 2.75) is 64.2 Å². The Morgan fingerprint density at radius 1 is 0.609 bits per heavy atom. The van der Waals surface area contributed by atoms with Crippen molar-refractivity contribution in [2.24, 2.45) is 35.5 Å². The van der Waals surface area contributed by atoms with Crippen LogP contribution < -0.4 is 10.2 Å². The van der Waals surface area contributed by atoms with Gasteiger partial charge in [-0.05, 0) is 62.2 Å². The Morgan fingerprint density at radius 3 is 1.04 bits per heavy atom. The van der Waals surface area contributed by atoms with Crippen molar-refractivity contribution in [1.29, 1.82) is 0 Å². The molecule has 23 heavy (non-hydrogen) atoms. The zero-order valence-corrected chi connectivity index (χ0v) is 16.1. The van der Waals surface area contributed by atoms with Crippen LogP contribution in [0.15, 0.2) is 0 Å². The molecule has 0 aromatic rings. The molecule has 4 nitrogen and oxygen atoms in total. The predicted octanol–water partition coefficient (Wildman–Crippen LogP) is 0.744. The summed E-state index contributed by atoms with van der Waals surface area (Å²) in [6.07, 6.45) is 11.3. The normalized spacial score (nSPS) is 40.5. The van der Waals surface area contributed by atoms with Gasteiger partial charge < -0.3 is 19.8 Å². The van der Waals surface area contributed by atoms with Crippen molar-refractivity contribution < 1.29 is 19.8 Å². The van der Waals surface area contributed by atoms with Crippen LogP contribution >= 0.6 is 0 Å². The Bertz CT molecular complexity index is 383. The fraction of sp³-hybridized carbons (Fsp3) is 0.889. The van der Waals surface area contributed by atoms with Crippen molar-refractivity contribution >= 4 is 49.7 Å². The number of carboxylic acid groups (broad SMARTS) is 2. The van der Waals surface area contributed by atoms with Crippen molar-refractivity contribution in [3.05, 3.63) is 0 Å². The third-order valence-corrected chi connectivity index (χ3v) is 6.70. The van der Waals surface area contributed by atoms with Crippen LogP contribution in [0.1, 0.15) is 64.2 Å². The standard InChI is InChI=1S/2C9H14O2.Ca/c2*10-9(11)8-5-6-1-3-7(8)4-2-6;/h2*6-8H,1-5H2,(H,10,11);/q;;+2/p-2/t2*6?,7?,8-;/m00./s1. The fourth-order valence-electron chi connectivity index (χ4n) is 5.33. The molecule has 0 aliphatic heterocycles. The fourth-order valence-corrected chi connectivity index (χ4v) is 5.33. The van der Waals surface area contributed by atoms with E-state index in [1.807, 2.05) is 0 Å². The zero-order chi connectivity index (χ0) is 15.7. The minimum Gasteiger partial charge on any atom is -0.550 e. The number of rotatable bonds is 2. The number of aliphatic carboxylic acids is 2. The summed E-state index contributed by atoms with van der Waals surface area (Å²) in [6, 6.07) is 0. The number of hydrogen-bond acceptors (Lipinski definition) is 4. The number of carbonyl (C=O) groups excluding carboxylic acids is 2. The van der Waals surface area contributed by atoms with Crippen LogP contribution in [-0.4, -0.2) is 49.7 Å². The average Bonchev–Trinajstić information content (AvgIpc) is 2.57. The third kappa shape index (κ3) is 4.64. The predicted molar refractivity (Wildman–Crippen MR) is 82.9 cm³/mol. The molecule has 0 aromatic carbocycles. The summed E-state index contributed by atoms with van der Waals surface area (Å²) in [7, 11) is 0. The van der Waals surface area contributed by atoms with Gasteiger partial charge in [-0.15, -0.1) is 0 Å². The van der Waals surface area contributed by atoms with Crippen LogP contribution in [0.2, 0.25) is 0 Å². The van der Waals surface area contributed by atoms with Gasteiger partial charge in [-0.2, -0.15) is 0 Å². The average molecular weight is 346 g/mol. The van der Waals surface area contributed by atoms with Crippen LogP contribution in [0.25, 0.3) is 0 Å². The molecule has 0 spiro atoms. The van der Waals surface area contributed by atoms with E-state index < -0.39 is 11.9 Å². The molecule has 0 heterocycles. The summed E-state index contributed by atoms with van der Waals surface area (Å²) in [5, 5.41) is 21.3. The van der Waals surface area contributed by atoms with Crippen molar-refractivity contribution in [3.63, 3.8) is 0 Å². The van der Waals surface area contributed by atoms with Crippen molar-refractivity contribution in [1.82, 2.24) is 0 Å². The topological polar surface area (TPSA) is 80.3 Å². The summed E-state index contributed by atoms with van der Waals surface area (Å²) in [5.41, 5.74) is 0. The molecular formula is C18H26CaO4. The Morgan fingerprint density at radius 2 is 0.913 bits per heavy atom. The molecule has 6 rings (SSSR count). The van der Waals surface area contributed by atoms with Crippen LogP contribution in [0, 0.1) is 35.5 Å². The minimum absolute atomic E-state index is 0. The van der Waals surface area contributed by atoms with Crippen LogP contribution in [-0.2, 0) is 9.59 Å². The van der Waals surface area contributed by atoms with E-state index in [4.69, 9.17) is 0 Å². The van der Waals surface area contributed by atoms with Crippen LogP contribution in [0.4, 0.5) is 0 Å². The Hall–Kier alpha value is 0.200. The van der Waals surface area contributed by atoms with Gasteiger partial charge in [-0.3, -0.25) is 0 Å². The van der Waals surface area contributed by atoms with Gasteiger partial charge in [0, 0.05) is 23.8 Å². The monoisotopic (exact) mass is 346 g/mol. The van der Waals surface area contributed by atoms with Gasteiger partial charge >= 0.3 is 37.7 Å². The second-order valence-electron chi connectivity index (χ2n) is 7.88. The van der Waals surface area contributed by atoms with Gasteiger partial charge in [0.05, 0.1) is 0 Å². The summed E-state index contributed by atoms with van der Waals surface area (Å²) < 4.78 is 0. The van der Waals surface area contributed by atoms with E-state index in [0.29, 0.717) is 23.7 Å². The number of carbonyl (C=O) groups is 2. The summed E-state index contributed by atoms with van der Waals surface area (Å²) in [4.78, 5) is 21.3. The number of hydrogen-bond donors (Lipinski definition) is 0. The molecule has 124 valence electrons. The Kier molecular flexibility index (Phi) is 7.24. The Labute approximate surface area is 168 Å². The minimum atomic E-state index is -0.806. The van der Waals surface area contributed by atoms with E-state index in [9.17, 15) is 19.8 Å². The maximum Gasteiger partial charge on any atom is 2.00 e. The molecule has 6 aliphatic rings. The first-order valence-electron chi connectivity index (χ1n) is 8.96. The largest absolute Gasteiger partial charge is 2.00 e. The Balaban J connectivity index is 0.000000160. The van der Waals surface area contributed by atoms with Gasteiger partial charge in [0.15, 0.2) is 0 Å². The van der Waals surface area contributed by atoms with Crippen LogP contribution in [0.5, 0.6) is 0 Å². The van der Waals surface area contributed by atoms with Gasteiger partial charge in [0.25, 0.3) is 0 Å². The molecule has 0 N–H and O–H groups in total. The molecule has 2 atom stereocenters. The first-order chi connectivity index (χ1) is 10.5. The van der Waals surface area contributed by atoms with E-state index in [0.717, 1.165) is 38.5 Å². The van der Waals surface area contributed by atoms with E-state index in [2.05, 4.69) is 0 Å². The summed E-state index contributed by atoms with van der Waals surface area (Å²) in [6.45, 7) is 0. The molecule has 6 saturated carbocycles. The second kappa shape index (κ2) is 8.53. The molecule has 0 amide bonds. The maximum absolute atomic E-state index is 10.6. The van der Waals surface area contributed by atoms with E-state index in [-0.39, 0.29) is 49.6 Å². The van der Waals surface area contributed by atoms with Gasteiger partial charge in [-0.1, -0.05) is 25.7 Å². The second-order valence-corrected chi connectivity index (χ2v) is 7.88. The van der Waals surface area contributed by atoms with Crippen LogP contribution in [0.3, 0.4) is 0 Å². The number of fused-ring (bicyclic) bond motifs is 6. The molecule has 5 heteroatoms. The first-order valence-corrected chi connectivity index (χ1v) is 8.96. The zero-order valence-electron chi connectivity index (χ0n) is 13.9.